The Hall–Kier alpha value is 0.474. The zero-order valence-electron chi connectivity index (χ0n) is 6.13. The van der Waals surface area contributed by atoms with Crippen molar-refractivity contribution in [3.8, 4) is 0 Å². The molecule has 8 N–H and O–H groups in total. The van der Waals surface area contributed by atoms with Crippen LogP contribution in [0.25, 0.3) is 0 Å². The first-order chi connectivity index (χ1) is 3.41. The molecule has 72 valence electrons. The summed E-state index contributed by atoms with van der Waals surface area (Å²) in [7, 11) is 0. The molecule has 0 amide bonds. The third-order valence-corrected chi connectivity index (χ3v) is 0.471. The molecular weight excluding hydrogens is 192 g/mol. The van der Waals surface area contributed by atoms with E-state index in [-0.39, 0.29) is 51.4 Å². The van der Waals surface area contributed by atoms with E-state index in [9.17, 15) is 0 Å². The van der Waals surface area contributed by atoms with Gasteiger partial charge >= 0.3 is 0 Å². The number of ether oxygens (including phenoxy) is 1. The zero-order valence-corrected chi connectivity index (χ0v) is 7.69. The summed E-state index contributed by atoms with van der Waals surface area (Å²) in [6.07, 6.45) is 0. The fraction of sp³-hybridized carbons (Fsp3) is 1.00. The molecule has 0 aromatic heterocycles. The summed E-state index contributed by atoms with van der Waals surface area (Å²) < 4.78 is 4.63. The fourth-order valence-electron chi connectivity index (χ4n) is 0.231. The average Bonchev–Trinajstić information content (AvgIpc) is 1.69. The van der Waals surface area contributed by atoms with Crippen LogP contribution in [-0.2, 0) is 26.5 Å². The molecule has 0 unspecified atom stereocenters. The Labute approximate surface area is 80.0 Å². The van der Waals surface area contributed by atoms with Crippen molar-refractivity contribution in [2.75, 3.05) is 26.4 Å². The van der Waals surface area contributed by atoms with Crippen LogP contribution in [0.1, 0.15) is 0 Å². The SMILES string of the molecule is O.O.O.OCCOCCO.[Ti]. The van der Waals surface area contributed by atoms with Crippen molar-refractivity contribution >= 4 is 0 Å². The molecule has 0 heterocycles. The molecule has 0 spiro atoms. The summed E-state index contributed by atoms with van der Waals surface area (Å²) in [6.45, 7) is 0.696. The van der Waals surface area contributed by atoms with Crippen molar-refractivity contribution in [2.45, 2.75) is 0 Å². The van der Waals surface area contributed by atoms with E-state index in [1.807, 2.05) is 0 Å². The van der Waals surface area contributed by atoms with Crippen LogP contribution < -0.4 is 0 Å². The summed E-state index contributed by atoms with van der Waals surface area (Å²) in [5.41, 5.74) is 0. The quantitative estimate of drug-likeness (QED) is 0.365. The van der Waals surface area contributed by atoms with Gasteiger partial charge in [-0.15, -0.1) is 0 Å². The van der Waals surface area contributed by atoms with E-state index in [1.54, 1.807) is 0 Å². The Bertz CT molecular complexity index is 33.8. The average molecular weight is 208 g/mol. The second kappa shape index (κ2) is 31.4. The predicted molar refractivity (Wildman–Crippen MR) is 35.8 cm³/mol. The van der Waals surface area contributed by atoms with E-state index in [1.165, 1.54) is 0 Å². The van der Waals surface area contributed by atoms with Crippen molar-refractivity contribution in [3.05, 3.63) is 0 Å². The minimum atomic E-state index is 0. The molecule has 0 aliphatic rings. The third-order valence-electron chi connectivity index (χ3n) is 0.471. The standard InChI is InChI=1S/C4H10O3.3H2O.Ti/c5-1-3-7-4-2-6;;;;/h5-6H,1-4H2;3*1H2;. The Morgan fingerprint density at radius 2 is 1.09 bits per heavy atom. The summed E-state index contributed by atoms with van der Waals surface area (Å²) in [5, 5.41) is 16.2. The van der Waals surface area contributed by atoms with Gasteiger partial charge < -0.3 is 31.4 Å². The van der Waals surface area contributed by atoms with Crippen molar-refractivity contribution in [2.24, 2.45) is 0 Å². The van der Waals surface area contributed by atoms with Crippen molar-refractivity contribution in [3.63, 3.8) is 0 Å². The topological polar surface area (TPSA) is 144 Å². The maximum absolute atomic E-state index is 8.09. The summed E-state index contributed by atoms with van der Waals surface area (Å²) >= 11 is 0. The Balaban J connectivity index is -0.0000000300. The molecule has 0 bridgehead atoms. The molecule has 0 saturated heterocycles. The van der Waals surface area contributed by atoms with Crippen LogP contribution in [0.3, 0.4) is 0 Å². The molecule has 0 aromatic rings. The van der Waals surface area contributed by atoms with Crippen LogP contribution in [0.4, 0.5) is 0 Å². The molecule has 0 aliphatic carbocycles. The van der Waals surface area contributed by atoms with E-state index < -0.39 is 0 Å². The molecule has 0 atom stereocenters. The van der Waals surface area contributed by atoms with Crippen LogP contribution in [0.15, 0.2) is 0 Å². The number of hydrogen-bond donors (Lipinski definition) is 2. The molecule has 0 aromatic carbocycles. The van der Waals surface area contributed by atoms with Gasteiger partial charge in [-0.3, -0.25) is 0 Å². The molecule has 0 rings (SSSR count). The van der Waals surface area contributed by atoms with Crippen molar-refractivity contribution in [1.29, 1.82) is 0 Å². The minimum Gasteiger partial charge on any atom is -0.412 e. The maximum atomic E-state index is 8.09. The molecule has 0 fully saturated rings. The third kappa shape index (κ3) is 37.6. The van der Waals surface area contributed by atoms with Gasteiger partial charge in [0, 0.05) is 21.7 Å². The Kier molecular flexibility index (Phi) is 85.7. The maximum Gasteiger partial charge on any atom is 0.0698 e. The van der Waals surface area contributed by atoms with Gasteiger partial charge in [-0.1, -0.05) is 0 Å². The van der Waals surface area contributed by atoms with Gasteiger partial charge in [-0.2, -0.15) is 0 Å². The number of aliphatic hydroxyl groups excluding tert-OH is 2. The van der Waals surface area contributed by atoms with Crippen molar-refractivity contribution < 1.29 is 53.1 Å². The van der Waals surface area contributed by atoms with E-state index in [0.717, 1.165) is 0 Å². The van der Waals surface area contributed by atoms with Crippen LogP contribution in [0.5, 0.6) is 0 Å². The van der Waals surface area contributed by atoms with Crippen LogP contribution in [-0.4, -0.2) is 53.1 Å². The number of rotatable bonds is 4. The second-order valence-electron chi connectivity index (χ2n) is 1.06. The predicted octanol–water partition coefficient (Wildman–Crippen LogP) is -3.49. The van der Waals surface area contributed by atoms with Gasteiger partial charge in [0.25, 0.3) is 0 Å². The first kappa shape index (κ1) is 30.0. The second-order valence-corrected chi connectivity index (χ2v) is 1.06. The smallest absolute Gasteiger partial charge is 0.0698 e. The monoisotopic (exact) mass is 208 g/mol. The summed E-state index contributed by atoms with van der Waals surface area (Å²) in [6, 6.07) is 0. The number of hydrogen-bond acceptors (Lipinski definition) is 3. The minimum absolute atomic E-state index is 0. The van der Waals surface area contributed by atoms with Crippen LogP contribution >= 0.6 is 0 Å². The van der Waals surface area contributed by atoms with Gasteiger partial charge in [0.1, 0.15) is 0 Å². The van der Waals surface area contributed by atoms with Crippen molar-refractivity contribution in [1.82, 2.24) is 0 Å². The molecule has 11 heavy (non-hydrogen) atoms. The fourth-order valence-corrected chi connectivity index (χ4v) is 0.231. The number of aliphatic hydroxyl groups is 2. The van der Waals surface area contributed by atoms with E-state index in [0.29, 0.717) is 13.2 Å². The summed E-state index contributed by atoms with van der Waals surface area (Å²) in [5.74, 6) is 0. The van der Waals surface area contributed by atoms with Gasteiger partial charge in [-0.05, 0) is 0 Å². The van der Waals surface area contributed by atoms with E-state index >= 15 is 0 Å². The van der Waals surface area contributed by atoms with E-state index in [2.05, 4.69) is 4.74 Å². The first-order valence-corrected chi connectivity index (χ1v) is 2.21. The van der Waals surface area contributed by atoms with Gasteiger partial charge in [0.05, 0.1) is 26.4 Å². The molecule has 0 aliphatic heterocycles. The first-order valence-electron chi connectivity index (χ1n) is 2.21. The molecule has 0 radical (unpaired) electrons. The Morgan fingerprint density at radius 1 is 0.818 bits per heavy atom. The molecule has 7 heteroatoms. The van der Waals surface area contributed by atoms with Crippen LogP contribution in [0, 0.1) is 0 Å². The van der Waals surface area contributed by atoms with E-state index in [4.69, 9.17) is 10.2 Å². The van der Waals surface area contributed by atoms with Gasteiger partial charge in [0.15, 0.2) is 0 Å². The van der Waals surface area contributed by atoms with Gasteiger partial charge in [0.2, 0.25) is 0 Å². The summed E-state index contributed by atoms with van der Waals surface area (Å²) in [4.78, 5) is 0. The largest absolute Gasteiger partial charge is 0.412 e. The Morgan fingerprint density at radius 3 is 1.27 bits per heavy atom. The molecule has 0 saturated carbocycles. The molecular formula is C4H16O6Ti. The zero-order chi connectivity index (χ0) is 5.54. The van der Waals surface area contributed by atoms with Gasteiger partial charge in [-0.25, -0.2) is 0 Å². The normalized spacial score (nSPS) is 6.00. The van der Waals surface area contributed by atoms with Crippen LogP contribution in [0.2, 0.25) is 0 Å². The molecule has 6 nitrogen and oxygen atoms in total.